The average Bonchev–Trinajstić information content (AvgIpc) is 2.21. The van der Waals surface area contributed by atoms with Gasteiger partial charge in [0.25, 0.3) is 0 Å². The second-order valence-corrected chi connectivity index (χ2v) is 7.13. The third kappa shape index (κ3) is 10.7. The Hall–Kier alpha value is -0.130. The van der Waals surface area contributed by atoms with Gasteiger partial charge in [0, 0.05) is 26.0 Å². The lowest BCUT2D eigenvalue weighted by Gasteiger charge is -2.21. The van der Waals surface area contributed by atoms with E-state index in [-0.39, 0.29) is 11.8 Å². The van der Waals surface area contributed by atoms with Gasteiger partial charge in [0.2, 0.25) is 0 Å². The van der Waals surface area contributed by atoms with Gasteiger partial charge in [-0.3, -0.25) is 0 Å². The number of hydrogen-bond donors (Lipinski definition) is 1. The molecule has 0 aliphatic rings. The lowest BCUT2D eigenvalue weighted by Crippen LogP contribution is -2.33. The largest absolute Gasteiger partial charge is 0.384 e. The molecule has 4 nitrogen and oxygen atoms in total. The maximum atomic E-state index is 11.2. The van der Waals surface area contributed by atoms with Crippen molar-refractivity contribution in [3.8, 4) is 0 Å². The van der Waals surface area contributed by atoms with Crippen LogP contribution in [0.25, 0.3) is 0 Å². The van der Waals surface area contributed by atoms with Crippen LogP contribution in [-0.2, 0) is 14.6 Å². The minimum absolute atomic E-state index is 0.258. The molecule has 0 spiro atoms. The number of hydrogen-bond acceptors (Lipinski definition) is 4. The molecule has 0 aromatic carbocycles. The number of rotatable bonds is 10. The summed E-state index contributed by atoms with van der Waals surface area (Å²) >= 11 is 0. The molecule has 0 bridgehead atoms. The smallest absolute Gasteiger partial charge is 0.147 e. The Morgan fingerprint density at radius 2 is 2.00 bits per heavy atom. The Balaban J connectivity index is 4.12. The summed E-state index contributed by atoms with van der Waals surface area (Å²) in [6.07, 6.45) is 4.01. The summed E-state index contributed by atoms with van der Waals surface area (Å²) in [6, 6.07) is 0.273. The van der Waals surface area contributed by atoms with Crippen molar-refractivity contribution in [1.29, 1.82) is 0 Å². The Morgan fingerprint density at radius 1 is 1.35 bits per heavy atom. The summed E-state index contributed by atoms with van der Waals surface area (Å²) in [6.45, 7) is 5.90. The molecular formula is C12H27NO3S. The maximum absolute atomic E-state index is 11.2. The van der Waals surface area contributed by atoms with Crippen molar-refractivity contribution < 1.29 is 13.2 Å². The highest BCUT2D eigenvalue weighted by Gasteiger charge is 2.15. The van der Waals surface area contributed by atoms with E-state index in [4.69, 9.17) is 4.74 Å². The second-order valence-electron chi connectivity index (χ2n) is 4.87. The highest BCUT2D eigenvalue weighted by Crippen LogP contribution is 2.10. The fourth-order valence-electron chi connectivity index (χ4n) is 1.85. The van der Waals surface area contributed by atoms with Crippen LogP contribution in [0.3, 0.4) is 0 Å². The Kier molecular flexibility index (Phi) is 8.82. The molecule has 0 radical (unpaired) electrons. The van der Waals surface area contributed by atoms with Crippen molar-refractivity contribution in [3.05, 3.63) is 0 Å². The third-order valence-electron chi connectivity index (χ3n) is 2.66. The van der Waals surface area contributed by atoms with Crippen LogP contribution in [-0.4, -0.2) is 46.7 Å². The first-order valence-corrected chi connectivity index (χ1v) is 8.35. The summed E-state index contributed by atoms with van der Waals surface area (Å²) < 4.78 is 27.4. The zero-order chi connectivity index (χ0) is 13.3. The molecule has 0 aliphatic carbocycles. The van der Waals surface area contributed by atoms with E-state index in [0.29, 0.717) is 12.3 Å². The maximum Gasteiger partial charge on any atom is 0.147 e. The molecule has 0 saturated carbocycles. The SMILES string of the molecule is CCCNC(CCS(C)(=O)=O)CC(C)COC. The summed E-state index contributed by atoms with van der Waals surface area (Å²) in [5.41, 5.74) is 0. The normalized spacial score (nSPS) is 15.8. The minimum atomic E-state index is -2.86. The van der Waals surface area contributed by atoms with Gasteiger partial charge in [0.05, 0.1) is 5.75 Å². The topological polar surface area (TPSA) is 55.4 Å². The lowest BCUT2D eigenvalue weighted by atomic mass is 10.0. The number of ether oxygens (including phenoxy) is 1. The standard InChI is InChI=1S/C12H27NO3S/c1-5-7-13-12(6-8-17(4,14)15)9-11(2)10-16-3/h11-13H,5-10H2,1-4H3. The molecule has 17 heavy (non-hydrogen) atoms. The van der Waals surface area contributed by atoms with E-state index in [1.807, 2.05) is 0 Å². The number of nitrogens with one attached hydrogen (secondary N) is 1. The van der Waals surface area contributed by atoms with E-state index in [9.17, 15) is 8.42 Å². The Labute approximate surface area is 106 Å². The molecule has 0 aromatic heterocycles. The van der Waals surface area contributed by atoms with Gasteiger partial charge in [0.15, 0.2) is 0 Å². The first-order chi connectivity index (χ1) is 7.89. The Bertz CT molecular complexity index is 277. The van der Waals surface area contributed by atoms with Gasteiger partial charge < -0.3 is 10.1 Å². The first-order valence-electron chi connectivity index (χ1n) is 6.29. The van der Waals surface area contributed by atoms with Gasteiger partial charge in [-0.1, -0.05) is 13.8 Å². The van der Waals surface area contributed by atoms with Crippen LogP contribution < -0.4 is 5.32 Å². The number of methoxy groups -OCH3 is 1. The van der Waals surface area contributed by atoms with Crippen LogP contribution >= 0.6 is 0 Å². The summed E-state index contributed by atoms with van der Waals surface area (Å²) in [4.78, 5) is 0. The predicted molar refractivity (Wildman–Crippen MR) is 72.1 cm³/mol. The van der Waals surface area contributed by atoms with Crippen LogP contribution in [0, 0.1) is 5.92 Å². The quantitative estimate of drug-likeness (QED) is 0.650. The van der Waals surface area contributed by atoms with Crippen LogP contribution in [0.4, 0.5) is 0 Å². The van der Waals surface area contributed by atoms with Gasteiger partial charge in [-0.15, -0.1) is 0 Å². The molecule has 104 valence electrons. The van der Waals surface area contributed by atoms with Gasteiger partial charge in [-0.2, -0.15) is 0 Å². The van der Waals surface area contributed by atoms with Crippen molar-refractivity contribution >= 4 is 9.84 Å². The molecule has 5 heteroatoms. The van der Waals surface area contributed by atoms with Crippen molar-refractivity contribution in [1.82, 2.24) is 5.32 Å². The van der Waals surface area contributed by atoms with E-state index < -0.39 is 9.84 Å². The molecule has 2 unspecified atom stereocenters. The van der Waals surface area contributed by atoms with Crippen molar-refractivity contribution in [2.45, 2.75) is 39.2 Å². The van der Waals surface area contributed by atoms with Crippen LogP contribution in [0.2, 0.25) is 0 Å². The monoisotopic (exact) mass is 265 g/mol. The van der Waals surface area contributed by atoms with E-state index in [2.05, 4.69) is 19.2 Å². The molecule has 0 saturated heterocycles. The van der Waals surface area contributed by atoms with Gasteiger partial charge in [-0.05, 0) is 31.7 Å². The fourth-order valence-corrected chi connectivity index (χ4v) is 2.56. The molecular weight excluding hydrogens is 238 g/mol. The third-order valence-corrected chi connectivity index (χ3v) is 3.64. The average molecular weight is 265 g/mol. The van der Waals surface area contributed by atoms with Crippen molar-refractivity contribution in [2.75, 3.05) is 32.3 Å². The van der Waals surface area contributed by atoms with Crippen LogP contribution in [0.1, 0.15) is 33.1 Å². The minimum Gasteiger partial charge on any atom is -0.384 e. The summed E-state index contributed by atoms with van der Waals surface area (Å²) in [5, 5.41) is 3.41. The zero-order valence-electron chi connectivity index (χ0n) is 11.5. The second kappa shape index (κ2) is 8.89. The highest BCUT2D eigenvalue weighted by atomic mass is 32.2. The zero-order valence-corrected chi connectivity index (χ0v) is 12.3. The van der Waals surface area contributed by atoms with Crippen LogP contribution in [0.5, 0.6) is 0 Å². The van der Waals surface area contributed by atoms with Crippen molar-refractivity contribution in [3.63, 3.8) is 0 Å². The van der Waals surface area contributed by atoms with Crippen molar-refractivity contribution in [2.24, 2.45) is 5.92 Å². The molecule has 0 aliphatic heterocycles. The highest BCUT2D eigenvalue weighted by molar-refractivity contribution is 7.90. The van der Waals surface area contributed by atoms with Gasteiger partial charge in [-0.25, -0.2) is 8.42 Å². The molecule has 0 fully saturated rings. The molecule has 0 rings (SSSR count). The molecule has 0 aromatic rings. The molecule has 0 heterocycles. The summed E-state index contributed by atoms with van der Waals surface area (Å²) in [7, 11) is -1.17. The van der Waals surface area contributed by atoms with E-state index in [0.717, 1.165) is 26.0 Å². The lowest BCUT2D eigenvalue weighted by molar-refractivity contribution is 0.149. The fraction of sp³-hybridized carbons (Fsp3) is 1.00. The van der Waals surface area contributed by atoms with Gasteiger partial charge >= 0.3 is 0 Å². The Morgan fingerprint density at radius 3 is 2.47 bits per heavy atom. The molecule has 2 atom stereocenters. The predicted octanol–water partition coefficient (Wildman–Crippen LogP) is 1.46. The molecule has 1 N–H and O–H groups in total. The van der Waals surface area contributed by atoms with Crippen LogP contribution in [0.15, 0.2) is 0 Å². The first kappa shape index (κ1) is 16.9. The van der Waals surface area contributed by atoms with Gasteiger partial charge in [0.1, 0.15) is 9.84 Å². The van der Waals surface area contributed by atoms with E-state index >= 15 is 0 Å². The van der Waals surface area contributed by atoms with E-state index in [1.165, 1.54) is 6.26 Å². The van der Waals surface area contributed by atoms with E-state index in [1.54, 1.807) is 7.11 Å². The number of sulfone groups is 1. The summed E-state index contributed by atoms with van der Waals surface area (Å²) in [5.74, 6) is 0.711. The molecule has 0 amide bonds.